The molecular formula is C20H22N2O6S. The monoisotopic (exact) mass is 418 g/mol. The summed E-state index contributed by atoms with van der Waals surface area (Å²) >= 11 is 1.35. The zero-order valence-electron chi connectivity index (χ0n) is 16.6. The van der Waals surface area contributed by atoms with Gasteiger partial charge in [-0.2, -0.15) is 0 Å². The molecule has 0 aliphatic heterocycles. The second-order valence-electron chi connectivity index (χ2n) is 6.32. The van der Waals surface area contributed by atoms with Crippen molar-refractivity contribution in [2.75, 3.05) is 18.2 Å². The maximum Gasteiger partial charge on any atom is 0.317 e. The van der Waals surface area contributed by atoms with Crippen LogP contribution in [-0.4, -0.2) is 35.8 Å². The highest BCUT2D eigenvalue weighted by molar-refractivity contribution is 8.00. The number of benzene rings is 2. The molecule has 0 saturated heterocycles. The molecule has 1 N–H and O–H groups in total. The van der Waals surface area contributed by atoms with E-state index in [0.29, 0.717) is 0 Å². The number of carbonyl (C=O) groups is 2. The van der Waals surface area contributed by atoms with E-state index in [2.05, 4.69) is 5.32 Å². The first-order valence-corrected chi connectivity index (χ1v) is 9.72. The number of carbonyl (C=O) groups excluding carboxylic acids is 2. The number of rotatable bonds is 8. The lowest BCUT2D eigenvalue weighted by Crippen LogP contribution is -2.30. The van der Waals surface area contributed by atoms with Gasteiger partial charge < -0.3 is 14.8 Å². The number of ether oxygens (including phenoxy) is 2. The number of methoxy groups -OCH3 is 1. The molecule has 1 amide bonds. The van der Waals surface area contributed by atoms with E-state index >= 15 is 0 Å². The third-order valence-corrected chi connectivity index (χ3v) is 5.15. The van der Waals surface area contributed by atoms with Crippen molar-refractivity contribution in [1.82, 2.24) is 0 Å². The summed E-state index contributed by atoms with van der Waals surface area (Å²) in [7, 11) is 1.34. The molecule has 0 bridgehead atoms. The molecule has 0 spiro atoms. The average Bonchev–Trinajstić information content (AvgIpc) is 2.68. The Labute approximate surface area is 172 Å². The van der Waals surface area contributed by atoms with Crippen LogP contribution in [0.2, 0.25) is 0 Å². The summed E-state index contributed by atoms with van der Waals surface area (Å²) in [6.07, 6.45) is -1.04. The predicted octanol–water partition coefficient (Wildman–Crippen LogP) is 3.88. The van der Waals surface area contributed by atoms with Crippen LogP contribution in [0.15, 0.2) is 41.3 Å². The van der Waals surface area contributed by atoms with E-state index in [-0.39, 0.29) is 22.9 Å². The van der Waals surface area contributed by atoms with Gasteiger partial charge in [0.1, 0.15) is 5.75 Å². The number of nitrogens with one attached hydrogen (secondary N) is 1. The lowest BCUT2D eigenvalue weighted by Gasteiger charge is -2.15. The molecule has 0 heterocycles. The molecule has 2 rings (SSSR count). The molecule has 0 radical (unpaired) electrons. The van der Waals surface area contributed by atoms with Gasteiger partial charge >= 0.3 is 5.97 Å². The van der Waals surface area contributed by atoms with Crippen molar-refractivity contribution in [3.63, 3.8) is 0 Å². The fourth-order valence-corrected chi connectivity index (χ4v) is 3.32. The van der Waals surface area contributed by atoms with E-state index in [1.54, 1.807) is 0 Å². The van der Waals surface area contributed by atoms with Crippen molar-refractivity contribution in [1.29, 1.82) is 0 Å². The Morgan fingerprint density at radius 3 is 2.59 bits per heavy atom. The molecule has 2 aromatic carbocycles. The Morgan fingerprint density at radius 2 is 1.93 bits per heavy atom. The van der Waals surface area contributed by atoms with E-state index in [9.17, 15) is 19.7 Å². The number of hydrogen-bond acceptors (Lipinski definition) is 7. The van der Waals surface area contributed by atoms with Gasteiger partial charge in [0, 0.05) is 11.0 Å². The number of aryl methyl sites for hydroxylation is 2. The normalized spacial score (nSPS) is 11.4. The quantitative estimate of drug-likeness (QED) is 0.300. The van der Waals surface area contributed by atoms with Gasteiger partial charge in [0.05, 0.1) is 29.5 Å². The number of esters is 1. The van der Waals surface area contributed by atoms with Gasteiger partial charge in [-0.1, -0.05) is 17.7 Å². The second kappa shape index (κ2) is 9.92. The first kappa shape index (κ1) is 22.2. The average molecular weight is 418 g/mol. The van der Waals surface area contributed by atoms with Crippen LogP contribution in [0.1, 0.15) is 18.1 Å². The lowest BCUT2D eigenvalue weighted by molar-refractivity contribution is -0.384. The van der Waals surface area contributed by atoms with E-state index in [1.165, 1.54) is 44.0 Å². The molecule has 9 heteroatoms. The third-order valence-electron chi connectivity index (χ3n) is 4.02. The zero-order chi connectivity index (χ0) is 21.6. The highest BCUT2D eigenvalue weighted by Crippen LogP contribution is 2.29. The fourth-order valence-electron chi connectivity index (χ4n) is 2.42. The number of anilines is 1. The van der Waals surface area contributed by atoms with Gasteiger partial charge in [-0.3, -0.25) is 19.7 Å². The lowest BCUT2D eigenvalue weighted by atomic mass is 10.2. The minimum Gasteiger partial charge on any atom is -0.494 e. The van der Waals surface area contributed by atoms with Gasteiger partial charge in [-0.25, -0.2) is 0 Å². The molecule has 1 atom stereocenters. The minimum atomic E-state index is -1.04. The number of non-ortho nitro benzene ring substituents is 1. The van der Waals surface area contributed by atoms with E-state index < -0.39 is 22.9 Å². The van der Waals surface area contributed by atoms with E-state index in [0.717, 1.165) is 16.0 Å². The Kier molecular flexibility index (Phi) is 7.60. The maximum atomic E-state index is 12.3. The zero-order valence-corrected chi connectivity index (χ0v) is 17.4. The molecule has 0 aromatic heterocycles. The Bertz CT molecular complexity index is 931. The van der Waals surface area contributed by atoms with Crippen molar-refractivity contribution in [3.05, 3.63) is 57.6 Å². The van der Waals surface area contributed by atoms with Crippen molar-refractivity contribution in [2.24, 2.45) is 0 Å². The largest absolute Gasteiger partial charge is 0.494 e. The van der Waals surface area contributed by atoms with Gasteiger partial charge in [0.25, 0.3) is 11.6 Å². The first-order chi connectivity index (χ1) is 13.7. The summed E-state index contributed by atoms with van der Waals surface area (Å²) in [6.45, 7) is 5.38. The highest BCUT2D eigenvalue weighted by atomic mass is 32.2. The Morgan fingerprint density at radius 1 is 1.21 bits per heavy atom. The number of nitrogens with zero attached hydrogens (tertiary/aromatic N) is 1. The summed E-state index contributed by atoms with van der Waals surface area (Å²) in [5, 5.41) is 13.4. The smallest absolute Gasteiger partial charge is 0.317 e. The molecule has 154 valence electrons. The van der Waals surface area contributed by atoms with Crippen LogP contribution in [0.4, 0.5) is 11.4 Å². The highest BCUT2D eigenvalue weighted by Gasteiger charge is 2.20. The second-order valence-corrected chi connectivity index (χ2v) is 7.34. The summed E-state index contributed by atoms with van der Waals surface area (Å²) in [5.74, 6) is -0.879. The molecule has 29 heavy (non-hydrogen) atoms. The number of nitro benzene ring substituents is 1. The van der Waals surface area contributed by atoms with Crippen molar-refractivity contribution < 1.29 is 24.0 Å². The molecule has 0 unspecified atom stereocenters. The van der Waals surface area contributed by atoms with Crippen LogP contribution in [0.3, 0.4) is 0 Å². The van der Waals surface area contributed by atoms with Crippen molar-refractivity contribution in [3.8, 4) is 5.75 Å². The third kappa shape index (κ3) is 6.21. The van der Waals surface area contributed by atoms with E-state index in [4.69, 9.17) is 9.47 Å². The summed E-state index contributed by atoms with van der Waals surface area (Å²) < 4.78 is 10.3. The molecule has 0 aliphatic rings. The van der Waals surface area contributed by atoms with Crippen LogP contribution in [-0.2, 0) is 14.3 Å². The predicted molar refractivity (Wildman–Crippen MR) is 110 cm³/mol. The summed E-state index contributed by atoms with van der Waals surface area (Å²) in [5.41, 5.74) is 2.24. The van der Waals surface area contributed by atoms with Gasteiger partial charge in [-0.15, -0.1) is 11.8 Å². The van der Waals surface area contributed by atoms with Gasteiger partial charge in [0.2, 0.25) is 0 Å². The SMILES string of the molecule is COc1cc([N+](=O)[O-])ccc1NC(=O)[C@@H](C)OC(=O)CSc1cc(C)ccc1C. The Balaban J connectivity index is 1.94. The number of hydrogen-bond donors (Lipinski definition) is 1. The first-order valence-electron chi connectivity index (χ1n) is 8.74. The molecule has 0 fully saturated rings. The molecule has 8 nitrogen and oxygen atoms in total. The molecule has 2 aromatic rings. The molecule has 0 saturated carbocycles. The standard InChI is InChI=1S/C20H22N2O6S/c1-12-5-6-13(2)18(9-12)29-11-19(23)28-14(3)20(24)21-16-8-7-15(22(25)26)10-17(16)27-4/h5-10,14H,11H2,1-4H3,(H,21,24)/t14-/m1/s1. The van der Waals surface area contributed by atoms with Crippen molar-refractivity contribution in [2.45, 2.75) is 31.8 Å². The fraction of sp³-hybridized carbons (Fsp3) is 0.300. The van der Waals surface area contributed by atoms with E-state index in [1.807, 2.05) is 32.0 Å². The number of amides is 1. The van der Waals surface area contributed by atoms with Gasteiger partial charge in [-0.05, 0) is 38.5 Å². The molecular weight excluding hydrogens is 396 g/mol. The molecule has 0 aliphatic carbocycles. The maximum absolute atomic E-state index is 12.3. The number of nitro groups is 1. The van der Waals surface area contributed by atoms with Gasteiger partial charge in [0.15, 0.2) is 6.10 Å². The topological polar surface area (TPSA) is 108 Å². The van der Waals surface area contributed by atoms with Crippen LogP contribution in [0.25, 0.3) is 0 Å². The summed E-state index contributed by atoms with van der Waals surface area (Å²) in [6, 6.07) is 9.78. The van der Waals surface area contributed by atoms with Crippen LogP contribution >= 0.6 is 11.8 Å². The number of thioether (sulfide) groups is 1. The van der Waals surface area contributed by atoms with Crippen LogP contribution in [0, 0.1) is 24.0 Å². The minimum absolute atomic E-state index is 0.0722. The van der Waals surface area contributed by atoms with Crippen molar-refractivity contribution >= 4 is 35.0 Å². The van der Waals surface area contributed by atoms with Crippen LogP contribution in [0.5, 0.6) is 5.75 Å². The van der Waals surface area contributed by atoms with Crippen LogP contribution < -0.4 is 10.1 Å². The summed E-state index contributed by atoms with van der Waals surface area (Å²) in [4.78, 5) is 35.7. The Hall–Kier alpha value is -3.07.